The van der Waals surface area contributed by atoms with Crippen LogP contribution in [0.15, 0.2) is 18.2 Å². The molecule has 0 saturated heterocycles. The van der Waals surface area contributed by atoms with Crippen molar-refractivity contribution in [1.82, 2.24) is 0 Å². The average Bonchev–Trinajstić information content (AvgIpc) is 2.64. The molecule has 0 atom stereocenters. The first kappa shape index (κ1) is 7.11. The fourth-order valence-corrected chi connectivity index (χ4v) is 1.33. The Balaban J connectivity index is 2.39. The Morgan fingerprint density at radius 1 is 1.18 bits per heavy atom. The van der Waals surface area contributed by atoms with E-state index in [1.54, 1.807) is 0 Å². The zero-order valence-corrected chi connectivity index (χ0v) is 6.66. The molecule has 0 unspecified atom stereocenters. The minimum Gasteiger partial charge on any atom is -0.207 e. The third-order valence-electron chi connectivity index (χ3n) is 1.77. The molecule has 2 rings (SSSR count). The molecule has 0 nitrogen and oxygen atoms in total. The number of benzene rings is 1. The van der Waals surface area contributed by atoms with Crippen LogP contribution in [0.5, 0.6) is 0 Å². The largest absolute Gasteiger partial charge is 0.207 e. The van der Waals surface area contributed by atoms with E-state index in [1.165, 1.54) is 18.1 Å². The van der Waals surface area contributed by atoms with Crippen molar-refractivity contribution in [3.63, 3.8) is 0 Å². The van der Waals surface area contributed by atoms with Crippen molar-refractivity contribution < 1.29 is 4.39 Å². The molecule has 1 fully saturated rings. The van der Waals surface area contributed by atoms with Crippen LogP contribution in [-0.4, -0.2) is 0 Å². The highest BCUT2D eigenvalue weighted by Crippen LogP contribution is 2.39. The summed E-state index contributed by atoms with van der Waals surface area (Å²) in [5.74, 6) is 1.07. The molecule has 0 spiro atoms. The SMILES string of the molecule is Fc1cc(Cl)cc([C]2CC2)c1. The molecule has 0 bridgehead atoms. The second-order valence-electron chi connectivity index (χ2n) is 2.76. The van der Waals surface area contributed by atoms with Crippen molar-refractivity contribution in [2.24, 2.45) is 0 Å². The van der Waals surface area contributed by atoms with E-state index in [1.807, 2.05) is 6.07 Å². The van der Waals surface area contributed by atoms with E-state index in [9.17, 15) is 4.39 Å². The van der Waals surface area contributed by atoms with E-state index in [2.05, 4.69) is 0 Å². The van der Waals surface area contributed by atoms with Crippen molar-refractivity contribution in [1.29, 1.82) is 0 Å². The molecule has 11 heavy (non-hydrogen) atoms. The Morgan fingerprint density at radius 2 is 1.91 bits per heavy atom. The molecule has 0 amide bonds. The van der Waals surface area contributed by atoms with Gasteiger partial charge in [0.1, 0.15) is 5.82 Å². The highest BCUT2D eigenvalue weighted by atomic mass is 35.5. The van der Waals surface area contributed by atoms with E-state index in [4.69, 9.17) is 11.6 Å². The quantitative estimate of drug-likeness (QED) is 0.606. The Bertz CT molecular complexity index is 259. The van der Waals surface area contributed by atoms with Crippen molar-refractivity contribution in [3.05, 3.63) is 40.5 Å². The van der Waals surface area contributed by atoms with E-state index in [0.29, 0.717) is 5.02 Å². The van der Waals surface area contributed by atoms with Gasteiger partial charge in [-0.3, -0.25) is 0 Å². The maximum absolute atomic E-state index is 12.7. The Morgan fingerprint density at radius 3 is 2.45 bits per heavy atom. The van der Waals surface area contributed by atoms with Crippen molar-refractivity contribution in [2.45, 2.75) is 12.8 Å². The third-order valence-corrected chi connectivity index (χ3v) is 1.99. The first-order chi connectivity index (χ1) is 5.25. The summed E-state index contributed by atoms with van der Waals surface area (Å²) in [5, 5.41) is 0.486. The first-order valence-electron chi connectivity index (χ1n) is 3.57. The van der Waals surface area contributed by atoms with Crippen LogP contribution in [0.25, 0.3) is 0 Å². The van der Waals surface area contributed by atoms with Crippen LogP contribution < -0.4 is 0 Å². The summed E-state index contributed by atoms with van der Waals surface area (Å²) in [4.78, 5) is 0. The number of halogens is 2. The maximum Gasteiger partial charge on any atom is 0.124 e. The summed E-state index contributed by atoms with van der Waals surface area (Å²) < 4.78 is 12.7. The van der Waals surface area contributed by atoms with Gasteiger partial charge in [0.05, 0.1) is 0 Å². The summed E-state index contributed by atoms with van der Waals surface area (Å²) in [6, 6.07) is 4.68. The van der Waals surface area contributed by atoms with Gasteiger partial charge >= 0.3 is 0 Å². The van der Waals surface area contributed by atoms with Crippen molar-refractivity contribution >= 4 is 11.6 Å². The van der Waals surface area contributed by atoms with E-state index < -0.39 is 0 Å². The van der Waals surface area contributed by atoms with E-state index in [-0.39, 0.29) is 5.82 Å². The van der Waals surface area contributed by atoms with Gasteiger partial charge in [0.2, 0.25) is 0 Å². The average molecular weight is 170 g/mol. The Hall–Kier alpha value is -0.560. The second-order valence-corrected chi connectivity index (χ2v) is 3.20. The molecule has 0 aromatic heterocycles. The van der Waals surface area contributed by atoms with E-state index in [0.717, 1.165) is 18.4 Å². The summed E-state index contributed by atoms with van der Waals surface area (Å²) in [6.45, 7) is 0. The Labute approximate surface area is 70.0 Å². The van der Waals surface area contributed by atoms with Crippen LogP contribution in [0.2, 0.25) is 5.02 Å². The number of rotatable bonds is 1. The topological polar surface area (TPSA) is 0 Å². The molecule has 0 heterocycles. The smallest absolute Gasteiger partial charge is 0.124 e. The monoisotopic (exact) mass is 169 g/mol. The van der Waals surface area contributed by atoms with Gasteiger partial charge in [-0.2, -0.15) is 0 Å². The predicted molar refractivity (Wildman–Crippen MR) is 43.0 cm³/mol. The van der Waals surface area contributed by atoms with Gasteiger partial charge in [-0.05, 0) is 36.6 Å². The summed E-state index contributed by atoms with van der Waals surface area (Å²) in [6.07, 6.45) is 2.19. The maximum atomic E-state index is 12.7. The normalized spacial score (nSPS) is 16.9. The molecule has 1 radical (unpaired) electrons. The van der Waals surface area contributed by atoms with Gasteiger partial charge in [0.15, 0.2) is 0 Å². The third kappa shape index (κ3) is 1.54. The van der Waals surface area contributed by atoms with Gasteiger partial charge in [-0.15, -0.1) is 0 Å². The van der Waals surface area contributed by atoms with Crippen molar-refractivity contribution in [2.75, 3.05) is 0 Å². The molecular formula is C9H7ClF. The van der Waals surface area contributed by atoms with Gasteiger partial charge < -0.3 is 0 Å². The van der Waals surface area contributed by atoms with Crippen LogP contribution >= 0.6 is 11.6 Å². The zero-order valence-electron chi connectivity index (χ0n) is 5.90. The van der Waals surface area contributed by atoms with Crippen LogP contribution in [0.1, 0.15) is 18.4 Å². The lowest BCUT2D eigenvalue weighted by Gasteiger charge is -1.97. The van der Waals surface area contributed by atoms with Gasteiger partial charge in [-0.1, -0.05) is 11.6 Å². The summed E-state index contributed by atoms with van der Waals surface area (Å²) in [5.41, 5.74) is 0.968. The molecule has 1 saturated carbocycles. The fraction of sp³-hybridized carbons (Fsp3) is 0.222. The van der Waals surface area contributed by atoms with Crippen LogP contribution in [0.3, 0.4) is 0 Å². The van der Waals surface area contributed by atoms with Gasteiger partial charge in [0, 0.05) is 10.9 Å². The first-order valence-corrected chi connectivity index (χ1v) is 3.95. The summed E-state index contributed by atoms with van der Waals surface area (Å²) in [7, 11) is 0. The molecule has 57 valence electrons. The lowest BCUT2D eigenvalue weighted by molar-refractivity contribution is 0.627. The molecule has 0 N–H and O–H groups in total. The second kappa shape index (κ2) is 2.49. The number of hydrogen-bond donors (Lipinski definition) is 0. The highest BCUT2D eigenvalue weighted by molar-refractivity contribution is 6.30. The van der Waals surface area contributed by atoms with Gasteiger partial charge in [0.25, 0.3) is 0 Å². The lowest BCUT2D eigenvalue weighted by Crippen LogP contribution is -1.82. The predicted octanol–water partition coefficient (Wildman–Crippen LogP) is 3.20. The standard InChI is InChI=1S/C9H7ClF/c10-8-3-7(6-1-2-6)4-9(11)5-8/h3-5H,1-2H2. The zero-order chi connectivity index (χ0) is 7.84. The number of hydrogen-bond acceptors (Lipinski definition) is 0. The van der Waals surface area contributed by atoms with E-state index >= 15 is 0 Å². The fourth-order valence-electron chi connectivity index (χ4n) is 1.11. The molecule has 0 aliphatic heterocycles. The minimum atomic E-state index is -0.244. The van der Waals surface area contributed by atoms with Gasteiger partial charge in [-0.25, -0.2) is 4.39 Å². The van der Waals surface area contributed by atoms with Crippen LogP contribution in [0, 0.1) is 11.7 Å². The highest BCUT2D eigenvalue weighted by Gasteiger charge is 2.24. The molecule has 2 heteroatoms. The molecule has 1 aliphatic carbocycles. The lowest BCUT2D eigenvalue weighted by atomic mass is 10.1. The molecule has 1 aromatic rings. The summed E-state index contributed by atoms with van der Waals surface area (Å²) >= 11 is 5.67. The van der Waals surface area contributed by atoms with Crippen LogP contribution in [-0.2, 0) is 0 Å². The Kier molecular flexibility index (Phi) is 1.61. The van der Waals surface area contributed by atoms with Crippen LogP contribution in [0.4, 0.5) is 4.39 Å². The molecular weight excluding hydrogens is 163 g/mol. The molecule has 1 aromatic carbocycles. The van der Waals surface area contributed by atoms with Crippen molar-refractivity contribution in [3.8, 4) is 0 Å². The minimum absolute atomic E-state index is 0.244. The molecule has 1 aliphatic rings.